The smallest absolute Gasteiger partial charge is 0.257 e. The van der Waals surface area contributed by atoms with Crippen molar-refractivity contribution in [3.05, 3.63) is 23.8 Å². The summed E-state index contributed by atoms with van der Waals surface area (Å²) >= 11 is 0. The Morgan fingerprint density at radius 2 is 1.75 bits per heavy atom. The number of carbonyl (C=O) groups excluding carboxylic acids is 3. The molecule has 1 aliphatic heterocycles. The molecule has 0 unspecified atom stereocenters. The van der Waals surface area contributed by atoms with E-state index in [2.05, 4.69) is 12.2 Å². The van der Waals surface area contributed by atoms with E-state index < -0.39 is 0 Å². The first-order valence-corrected chi connectivity index (χ1v) is 13.4. The Balaban J connectivity index is 1.61. The van der Waals surface area contributed by atoms with E-state index in [1.165, 1.54) is 6.42 Å². The lowest BCUT2D eigenvalue weighted by atomic mass is 9.87. The molecule has 1 aromatic rings. The van der Waals surface area contributed by atoms with E-state index in [9.17, 15) is 14.4 Å². The Kier molecular flexibility index (Phi) is 8.54. The van der Waals surface area contributed by atoms with Gasteiger partial charge in [-0.3, -0.25) is 14.4 Å². The fourth-order valence-electron chi connectivity index (χ4n) is 5.34. The number of anilines is 1. The lowest BCUT2D eigenvalue weighted by molar-refractivity contribution is -0.141. The molecule has 1 heterocycles. The minimum atomic E-state index is -0.227. The highest BCUT2D eigenvalue weighted by atomic mass is 16.5. The van der Waals surface area contributed by atoms with Crippen LogP contribution in [-0.4, -0.2) is 73.5 Å². The van der Waals surface area contributed by atoms with Gasteiger partial charge in [0.15, 0.2) is 0 Å². The maximum absolute atomic E-state index is 13.6. The minimum absolute atomic E-state index is 0.0106. The molecule has 3 aliphatic rings. The Labute approximate surface area is 214 Å². The maximum Gasteiger partial charge on any atom is 0.257 e. The van der Waals surface area contributed by atoms with E-state index in [0.29, 0.717) is 30.1 Å². The first kappa shape index (κ1) is 26.5. The molecule has 198 valence electrons. The number of amides is 3. The van der Waals surface area contributed by atoms with Crippen molar-refractivity contribution in [1.82, 2.24) is 9.80 Å². The van der Waals surface area contributed by atoms with Gasteiger partial charge in [-0.05, 0) is 50.8 Å². The van der Waals surface area contributed by atoms with Crippen molar-refractivity contribution in [3.63, 3.8) is 0 Å². The highest BCUT2D eigenvalue weighted by molar-refractivity contribution is 6.00. The van der Waals surface area contributed by atoms with Crippen LogP contribution in [-0.2, 0) is 14.3 Å². The number of likely N-dealkylation sites (N-methyl/N-ethyl adjacent to an activating group) is 1. The lowest BCUT2D eigenvalue weighted by Crippen LogP contribution is -2.50. The molecule has 0 saturated heterocycles. The van der Waals surface area contributed by atoms with E-state index in [4.69, 9.17) is 9.47 Å². The normalized spacial score (nSPS) is 26.3. The molecule has 1 aromatic carbocycles. The summed E-state index contributed by atoms with van der Waals surface area (Å²) in [6.07, 6.45) is 6.88. The predicted octanol–water partition coefficient (Wildman–Crippen LogP) is 3.95. The second-order valence-corrected chi connectivity index (χ2v) is 10.9. The maximum atomic E-state index is 13.6. The topological polar surface area (TPSA) is 88.2 Å². The number of fused-ring (bicyclic) bond motifs is 1. The monoisotopic (exact) mass is 499 g/mol. The second kappa shape index (κ2) is 11.6. The molecule has 3 atom stereocenters. The van der Waals surface area contributed by atoms with Gasteiger partial charge in [0, 0.05) is 50.7 Å². The molecule has 2 aliphatic carbocycles. The molecule has 4 rings (SSSR count). The van der Waals surface area contributed by atoms with Crippen LogP contribution in [0, 0.1) is 17.8 Å². The molecule has 3 amide bonds. The van der Waals surface area contributed by atoms with Gasteiger partial charge in [-0.2, -0.15) is 0 Å². The summed E-state index contributed by atoms with van der Waals surface area (Å²) in [5.74, 6) is 0.620. The molecule has 36 heavy (non-hydrogen) atoms. The number of hydrogen-bond acceptors (Lipinski definition) is 5. The number of hydrogen-bond donors (Lipinski definition) is 1. The highest BCUT2D eigenvalue weighted by Gasteiger charge is 2.34. The molecule has 0 radical (unpaired) electrons. The Hall–Kier alpha value is -2.61. The van der Waals surface area contributed by atoms with Crippen LogP contribution in [0.15, 0.2) is 18.2 Å². The second-order valence-electron chi connectivity index (χ2n) is 10.9. The largest absolute Gasteiger partial charge is 0.491 e. The third kappa shape index (κ3) is 6.20. The van der Waals surface area contributed by atoms with Crippen LogP contribution in [0.1, 0.15) is 69.2 Å². The van der Waals surface area contributed by atoms with Crippen LogP contribution in [0.3, 0.4) is 0 Å². The van der Waals surface area contributed by atoms with Crippen LogP contribution in [0.25, 0.3) is 0 Å². The average Bonchev–Trinajstić information content (AvgIpc) is 3.74. The summed E-state index contributed by atoms with van der Waals surface area (Å²) in [4.78, 5) is 43.0. The van der Waals surface area contributed by atoms with Gasteiger partial charge in [-0.25, -0.2) is 0 Å². The van der Waals surface area contributed by atoms with Gasteiger partial charge < -0.3 is 24.6 Å². The van der Waals surface area contributed by atoms with Crippen LogP contribution in [0.5, 0.6) is 5.75 Å². The third-order valence-electron chi connectivity index (χ3n) is 7.90. The van der Waals surface area contributed by atoms with E-state index >= 15 is 0 Å². The summed E-state index contributed by atoms with van der Waals surface area (Å²) < 4.78 is 12.0. The Morgan fingerprint density at radius 3 is 2.42 bits per heavy atom. The van der Waals surface area contributed by atoms with Gasteiger partial charge in [0.05, 0.1) is 17.7 Å². The van der Waals surface area contributed by atoms with E-state index in [1.54, 1.807) is 37.3 Å². The number of benzene rings is 1. The third-order valence-corrected chi connectivity index (χ3v) is 7.90. The minimum Gasteiger partial charge on any atom is -0.491 e. The average molecular weight is 500 g/mol. The van der Waals surface area contributed by atoms with E-state index in [0.717, 1.165) is 38.5 Å². The molecule has 0 aromatic heterocycles. The fourth-order valence-corrected chi connectivity index (χ4v) is 5.34. The van der Waals surface area contributed by atoms with E-state index in [-0.39, 0.29) is 54.2 Å². The zero-order valence-corrected chi connectivity index (χ0v) is 22.1. The Bertz CT molecular complexity index is 957. The molecule has 8 nitrogen and oxygen atoms in total. The highest BCUT2D eigenvalue weighted by Crippen LogP contribution is 2.32. The molecule has 0 spiro atoms. The summed E-state index contributed by atoms with van der Waals surface area (Å²) in [6, 6.07) is 5.05. The number of methoxy groups -OCH3 is 1. The number of nitrogens with one attached hydrogen (secondary N) is 1. The molecule has 2 saturated carbocycles. The fraction of sp³-hybridized carbons (Fsp3) is 0.679. The summed E-state index contributed by atoms with van der Waals surface area (Å²) in [6.45, 7) is 5.31. The zero-order valence-electron chi connectivity index (χ0n) is 22.1. The first-order chi connectivity index (χ1) is 17.3. The molecule has 2 fully saturated rings. The van der Waals surface area contributed by atoms with Crippen LogP contribution in [0.4, 0.5) is 5.69 Å². The van der Waals surface area contributed by atoms with Crippen molar-refractivity contribution in [2.75, 3.05) is 39.2 Å². The van der Waals surface area contributed by atoms with Crippen LogP contribution >= 0.6 is 0 Å². The number of ether oxygens (including phenoxy) is 2. The summed E-state index contributed by atoms with van der Waals surface area (Å²) in [7, 11) is 3.41. The predicted molar refractivity (Wildman–Crippen MR) is 138 cm³/mol. The van der Waals surface area contributed by atoms with Gasteiger partial charge in [0.1, 0.15) is 12.4 Å². The molecule has 8 heteroatoms. The molecular weight excluding hydrogens is 458 g/mol. The van der Waals surface area contributed by atoms with Crippen LogP contribution < -0.4 is 10.1 Å². The summed E-state index contributed by atoms with van der Waals surface area (Å²) in [5, 5.41) is 2.93. The van der Waals surface area contributed by atoms with Crippen molar-refractivity contribution < 1.29 is 23.9 Å². The van der Waals surface area contributed by atoms with Gasteiger partial charge >= 0.3 is 0 Å². The molecule has 0 bridgehead atoms. The SMILES string of the molecule is CO[C@H]1CN(C)C(=O)c2cc(NC(=O)C3CC3)ccc2OC[C@H](C)N(C(=O)C2CCCCC2)C[C@@H]1C. The van der Waals surface area contributed by atoms with E-state index in [1.807, 2.05) is 11.8 Å². The van der Waals surface area contributed by atoms with Crippen molar-refractivity contribution in [1.29, 1.82) is 0 Å². The van der Waals surface area contributed by atoms with Crippen LogP contribution in [0.2, 0.25) is 0 Å². The van der Waals surface area contributed by atoms with Crippen molar-refractivity contribution in [2.24, 2.45) is 17.8 Å². The number of rotatable bonds is 4. The summed E-state index contributed by atoms with van der Waals surface area (Å²) in [5.41, 5.74) is 0.980. The van der Waals surface area contributed by atoms with Crippen molar-refractivity contribution >= 4 is 23.4 Å². The number of carbonyl (C=O) groups is 3. The standard InChI is InChI=1S/C28H41N3O5/c1-18-15-31(27(33)21-8-6-5-7-9-21)19(2)17-36-24-13-12-22(29-26(32)20-10-11-20)14-23(24)28(34)30(3)16-25(18)35-4/h12-14,18-21,25H,5-11,15-17H2,1-4H3,(H,29,32)/t18-,19-,25-/m0/s1. The zero-order chi connectivity index (χ0) is 25.8. The quantitative estimate of drug-likeness (QED) is 0.678. The van der Waals surface area contributed by atoms with Gasteiger partial charge in [-0.1, -0.05) is 26.2 Å². The number of nitrogens with zero attached hydrogens (tertiary/aromatic N) is 2. The van der Waals surface area contributed by atoms with Gasteiger partial charge in [-0.15, -0.1) is 0 Å². The molecule has 1 N–H and O–H groups in total. The first-order valence-electron chi connectivity index (χ1n) is 13.4. The van der Waals surface area contributed by atoms with Crippen molar-refractivity contribution in [2.45, 2.75) is 70.9 Å². The van der Waals surface area contributed by atoms with Crippen molar-refractivity contribution in [3.8, 4) is 5.75 Å². The lowest BCUT2D eigenvalue weighted by Gasteiger charge is -2.38. The van der Waals surface area contributed by atoms with Gasteiger partial charge in [0.2, 0.25) is 11.8 Å². The Morgan fingerprint density at radius 1 is 1.03 bits per heavy atom. The van der Waals surface area contributed by atoms with Gasteiger partial charge in [0.25, 0.3) is 5.91 Å². The molecular formula is C28H41N3O5.